The van der Waals surface area contributed by atoms with E-state index in [2.05, 4.69) is 29.2 Å². The molecule has 5 rings (SSSR count). The smallest absolute Gasteiger partial charge is 0.332 e. The standard InChI is InChI=1S/C24H29N5O3/c1-4-10-29-20(12-19-21(29)25(2)24(32)26(3)22(19)30)23(31)28-14-18(15-28)27-11-9-16-7-5-6-8-17(16)13-27/h5-8,12,18H,4,9-11,13-15H2,1-3H3. The van der Waals surface area contributed by atoms with Crippen molar-refractivity contribution in [3.8, 4) is 0 Å². The Morgan fingerprint density at radius 1 is 1.06 bits per heavy atom. The van der Waals surface area contributed by atoms with Crippen LogP contribution in [0.2, 0.25) is 0 Å². The molecular weight excluding hydrogens is 406 g/mol. The predicted octanol–water partition coefficient (Wildman–Crippen LogP) is 1.33. The zero-order valence-electron chi connectivity index (χ0n) is 18.9. The van der Waals surface area contributed by atoms with Crippen LogP contribution < -0.4 is 11.2 Å². The van der Waals surface area contributed by atoms with E-state index in [9.17, 15) is 14.4 Å². The average molecular weight is 436 g/mol. The summed E-state index contributed by atoms with van der Waals surface area (Å²) >= 11 is 0. The second-order valence-corrected chi connectivity index (χ2v) is 8.98. The first-order chi connectivity index (χ1) is 15.4. The van der Waals surface area contributed by atoms with Gasteiger partial charge in [0.05, 0.1) is 5.39 Å². The summed E-state index contributed by atoms with van der Waals surface area (Å²) in [6.07, 6.45) is 1.84. The number of hydrogen-bond donors (Lipinski definition) is 0. The third-order valence-corrected chi connectivity index (χ3v) is 6.99. The van der Waals surface area contributed by atoms with Crippen molar-refractivity contribution in [2.24, 2.45) is 14.1 Å². The lowest BCUT2D eigenvalue weighted by molar-refractivity contribution is 0.0211. The highest BCUT2D eigenvalue weighted by Gasteiger charge is 2.37. The molecule has 0 bridgehead atoms. The van der Waals surface area contributed by atoms with Gasteiger partial charge in [0.25, 0.3) is 11.5 Å². The molecule has 0 saturated carbocycles. The number of aromatic nitrogens is 3. The number of amides is 1. The molecule has 0 N–H and O–H groups in total. The van der Waals surface area contributed by atoms with Gasteiger partial charge in [-0.2, -0.15) is 0 Å². The van der Waals surface area contributed by atoms with E-state index in [0.29, 0.717) is 42.4 Å². The van der Waals surface area contributed by atoms with Crippen molar-refractivity contribution in [3.05, 3.63) is 68.0 Å². The monoisotopic (exact) mass is 435 g/mol. The van der Waals surface area contributed by atoms with Crippen LogP contribution in [0.1, 0.15) is 35.0 Å². The SMILES string of the molecule is CCCn1c(C(=O)N2CC(N3CCc4ccccc4C3)C2)cc2c(=O)n(C)c(=O)n(C)c21. The van der Waals surface area contributed by atoms with Crippen LogP contribution in [0.3, 0.4) is 0 Å². The molecule has 1 fully saturated rings. The first-order valence-electron chi connectivity index (χ1n) is 11.3. The normalized spacial score (nSPS) is 16.9. The lowest BCUT2D eigenvalue weighted by Crippen LogP contribution is -2.61. The molecule has 2 aromatic heterocycles. The quantitative estimate of drug-likeness (QED) is 0.620. The van der Waals surface area contributed by atoms with E-state index in [1.807, 2.05) is 16.4 Å². The van der Waals surface area contributed by atoms with Crippen LogP contribution in [0.5, 0.6) is 0 Å². The van der Waals surface area contributed by atoms with E-state index < -0.39 is 0 Å². The molecule has 168 valence electrons. The molecule has 4 heterocycles. The van der Waals surface area contributed by atoms with Crippen molar-refractivity contribution >= 4 is 16.9 Å². The molecule has 0 atom stereocenters. The van der Waals surface area contributed by atoms with E-state index in [4.69, 9.17) is 0 Å². The minimum absolute atomic E-state index is 0.0715. The summed E-state index contributed by atoms with van der Waals surface area (Å²) in [4.78, 5) is 42.9. The van der Waals surface area contributed by atoms with Crippen molar-refractivity contribution in [2.45, 2.75) is 38.9 Å². The molecule has 0 unspecified atom stereocenters. The molecule has 2 aliphatic heterocycles. The van der Waals surface area contributed by atoms with Gasteiger partial charge >= 0.3 is 5.69 Å². The summed E-state index contributed by atoms with van der Waals surface area (Å²) in [6, 6.07) is 10.6. The fourth-order valence-electron chi connectivity index (χ4n) is 5.11. The molecule has 3 aromatic rings. The third kappa shape index (κ3) is 3.12. The highest BCUT2D eigenvalue weighted by molar-refractivity contribution is 5.98. The Morgan fingerprint density at radius 2 is 1.78 bits per heavy atom. The molecular formula is C24H29N5O3. The van der Waals surface area contributed by atoms with E-state index >= 15 is 0 Å². The molecule has 1 aromatic carbocycles. The first kappa shape index (κ1) is 20.8. The number of aryl methyl sites for hydroxylation is 2. The van der Waals surface area contributed by atoms with Crippen LogP contribution in [0, 0.1) is 0 Å². The maximum Gasteiger partial charge on any atom is 0.332 e. The number of likely N-dealkylation sites (tertiary alicyclic amines) is 1. The summed E-state index contributed by atoms with van der Waals surface area (Å²) in [6.45, 7) is 5.91. The summed E-state index contributed by atoms with van der Waals surface area (Å²) in [5, 5.41) is 0.413. The predicted molar refractivity (Wildman–Crippen MR) is 123 cm³/mol. The van der Waals surface area contributed by atoms with E-state index in [0.717, 1.165) is 30.5 Å². The second kappa shape index (κ2) is 7.78. The van der Waals surface area contributed by atoms with Crippen LogP contribution in [0.25, 0.3) is 11.0 Å². The Labute approximate surface area is 186 Å². The molecule has 1 saturated heterocycles. The first-order valence-corrected chi connectivity index (χ1v) is 11.3. The van der Waals surface area contributed by atoms with Gasteiger partial charge in [-0.15, -0.1) is 0 Å². The van der Waals surface area contributed by atoms with Crippen molar-refractivity contribution in [2.75, 3.05) is 19.6 Å². The molecule has 8 nitrogen and oxygen atoms in total. The average Bonchev–Trinajstić information content (AvgIpc) is 3.15. The van der Waals surface area contributed by atoms with E-state index in [1.54, 1.807) is 13.1 Å². The Morgan fingerprint density at radius 3 is 2.50 bits per heavy atom. The number of nitrogens with zero attached hydrogens (tertiary/aromatic N) is 5. The highest BCUT2D eigenvalue weighted by atomic mass is 16.2. The fraction of sp³-hybridized carbons (Fsp3) is 0.458. The number of fused-ring (bicyclic) bond motifs is 2. The van der Waals surface area contributed by atoms with Gasteiger partial charge in [0.15, 0.2) is 0 Å². The molecule has 0 spiro atoms. The van der Waals surface area contributed by atoms with Gasteiger partial charge in [0.2, 0.25) is 0 Å². The number of benzene rings is 1. The molecule has 8 heteroatoms. The highest BCUT2D eigenvalue weighted by Crippen LogP contribution is 2.26. The Hall–Kier alpha value is -3.13. The number of carbonyl (C=O) groups is 1. The molecule has 0 radical (unpaired) electrons. The maximum atomic E-state index is 13.4. The second-order valence-electron chi connectivity index (χ2n) is 8.98. The van der Waals surface area contributed by atoms with Gasteiger partial charge < -0.3 is 9.47 Å². The summed E-state index contributed by atoms with van der Waals surface area (Å²) in [7, 11) is 3.12. The van der Waals surface area contributed by atoms with Crippen molar-refractivity contribution in [3.63, 3.8) is 0 Å². The number of carbonyl (C=O) groups excluding carboxylic acids is 1. The van der Waals surface area contributed by atoms with Gasteiger partial charge in [0.1, 0.15) is 11.3 Å². The van der Waals surface area contributed by atoms with Crippen LogP contribution >= 0.6 is 0 Å². The lowest BCUT2D eigenvalue weighted by atomic mass is 9.96. The van der Waals surface area contributed by atoms with Gasteiger partial charge in [0, 0.05) is 52.9 Å². The Kier molecular flexibility index (Phi) is 5.04. The van der Waals surface area contributed by atoms with Gasteiger partial charge in [-0.25, -0.2) is 4.79 Å². The summed E-state index contributed by atoms with van der Waals surface area (Å²) < 4.78 is 4.40. The summed E-state index contributed by atoms with van der Waals surface area (Å²) in [5.41, 5.74) is 3.07. The molecule has 2 aliphatic rings. The molecule has 0 aliphatic carbocycles. The maximum absolute atomic E-state index is 13.4. The van der Waals surface area contributed by atoms with Gasteiger partial charge in [-0.1, -0.05) is 31.2 Å². The fourth-order valence-corrected chi connectivity index (χ4v) is 5.11. The Bertz CT molecular complexity index is 1330. The van der Waals surface area contributed by atoms with Crippen molar-refractivity contribution in [1.29, 1.82) is 0 Å². The van der Waals surface area contributed by atoms with Gasteiger partial charge in [-0.05, 0) is 30.0 Å². The third-order valence-electron chi connectivity index (χ3n) is 6.99. The zero-order chi connectivity index (χ0) is 22.6. The van der Waals surface area contributed by atoms with Crippen molar-refractivity contribution in [1.82, 2.24) is 23.5 Å². The van der Waals surface area contributed by atoms with Crippen LogP contribution in [-0.4, -0.2) is 55.1 Å². The van der Waals surface area contributed by atoms with Crippen molar-refractivity contribution < 1.29 is 4.79 Å². The number of hydrogen-bond acceptors (Lipinski definition) is 4. The number of rotatable bonds is 4. The molecule has 32 heavy (non-hydrogen) atoms. The summed E-state index contributed by atoms with van der Waals surface area (Å²) in [5.74, 6) is -0.0715. The lowest BCUT2D eigenvalue weighted by Gasteiger charge is -2.47. The van der Waals surface area contributed by atoms with Crippen LogP contribution in [-0.2, 0) is 33.6 Å². The minimum Gasteiger partial charge on any atom is -0.334 e. The van der Waals surface area contributed by atoms with Gasteiger partial charge in [-0.3, -0.25) is 23.6 Å². The van der Waals surface area contributed by atoms with Crippen LogP contribution in [0.4, 0.5) is 0 Å². The topological polar surface area (TPSA) is 72.5 Å². The zero-order valence-corrected chi connectivity index (χ0v) is 18.9. The van der Waals surface area contributed by atoms with E-state index in [-0.39, 0.29) is 17.2 Å². The molecule has 1 amide bonds. The van der Waals surface area contributed by atoms with Crippen LogP contribution in [0.15, 0.2) is 39.9 Å². The van der Waals surface area contributed by atoms with E-state index in [1.165, 1.54) is 22.7 Å². The minimum atomic E-state index is -0.383. The Balaban J connectivity index is 1.40. The largest absolute Gasteiger partial charge is 0.334 e.